The smallest absolute Gasteiger partial charge is 0.188 e. The molecule has 0 saturated heterocycles. The van der Waals surface area contributed by atoms with Gasteiger partial charge in [-0.15, -0.1) is 0 Å². The van der Waals surface area contributed by atoms with Crippen LogP contribution in [0.1, 0.15) is 33.4 Å². The van der Waals surface area contributed by atoms with E-state index in [0.29, 0.717) is 5.56 Å². The maximum Gasteiger partial charge on any atom is 0.188 e. The number of hydrogen-bond acceptors (Lipinski definition) is 4. The minimum absolute atomic E-state index is 0.174. The molecule has 0 fully saturated rings. The Bertz CT molecular complexity index is 989. The van der Waals surface area contributed by atoms with Gasteiger partial charge < -0.3 is 4.42 Å². The van der Waals surface area contributed by atoms with Crippen LogP contribution >= 0.6 is 15.9 Å². The molecule has 6 heteroatoms. The summed E-state index contributed by atoms with van der Waals surface area (Å²) >= 11 is 3.32. The zero-order chi connectivity index (χ0) is 18.7. The lowest BCUT2D eigenvalue weighted by Gasteiger charge is -2.15. The van der Waals surface area contributed by atoms with Gasteiger partial charge in [-0.3, -0.25) is 4.79 Å². The maximum absolute atomic E-state index is 13.1. The second kappa shape index (κ2) is 7.60. The zero-order valence-electron chi connectivity index (χ0n) is 14.1. The van der Waals surface area contributed by atoms with Crippen molar-refractivity contribution in [2.24, 2.45) is 0 Å². The third kappa shape index (κ3) is 3.97. The van der Waals surface area contributed by atoms with Gasteiger partial charge >= 0.3 is 0 Å². The summed E-state index contributed by atoms with van der Waals surface area (Å²) < 4.78 is 32.5. The van der Waals surface area contributed by atoms with Crippen LogP contribution in [0.4, 0.5) is 0 Å². The van der Waals surface area contributed by atoms with E-state index in [1.54, 1.807) is 60.7 Å². The van der Waals surface area contributed by atoms with Crippen molar-refractivity contribution in [3.8, 4) is 0 Å². The molecule has 0 spiro atoms. The number of ketones is 1. The summed E-state index contributed by atoms with van der Waals surface area (Å²) in [5, 5.41) is -1.07. The fourth-order valence-corrected chi connectivity index (χ4v) is 4.57. The van der Waals surface area contributed by atoms with Crippen LogP contribution in [0.15, 0.2) is 80.7 Å². The van der Waals surface area contributed by atoms with E-state index in [9.17, 15) is 13.2 Å². The summed E-state index contributed by atoms with van der Waals surface area (Å²) in [6.07, 6.45) is 1.22. The number of hydrogen-bond donors (Lipinski definition) is 0. The third-order valence-electron chi connectivity index (χ3n) is 4.12. The van der Waals surface area contributed by atoms with Gasteiger partial charge in [0.25, 0.3) is 0 Å². The van der Waals surface area contributed by atoms with E-state index >= 15 is 0 Å². The first-order valence-electron chi connectivity index (χ1n) is 8.00. The molecule has 0 N–H and O–H groups in total. The van der Waals surface area contributed by atoms with E-state index in [1.165, 1.54) is 6.26 Å². The number of carbonyl (C=O) groups excluding carboxylic acids is 1. The van der Waals surface area contributed by atoms with E-state index in [1.807, 2.05) is 6.92 Å². The Morgan fingerprint density at radius 1 is 1.04 bits per heavy atom. The van der Waals surface area contributed by atoms with Gasteiger partial charge in [0.15, 0.2) is 15.6 Å². The first kappa shape index (κ1) is 18.6. The van der Waals surface area contributed by atoms with Crippen molar-refractivity contribution in [1.82, 2.24) is 0 Å². The van der Waals surface area contributed by atoms with Crippen LogP contribution < -0.4 is 0 Å². The topological polar surface area (TPSA) is 64.3 Å². The van der Waals surface area contributed by atoms with Gasteiger partial charge in [0.2, 0.25) is 0 Å². The van der Waals surface area contributed by atoms with Crippen LogP contribution in [-0.2, 0) is 9.84 Å². The first-order valence-corrected chi connectivity index (χ1v) is 10.3. The molecule has 1 unspecified atom stereocenters. The highest BCUT2D eigenvalue weighted by Gasteiger charge is 2.33. The van der Waals surface area contributed by atoms with Crippen LogP contribution in [0.2, 0.25) is 0 Å². The number of Topliss-reactive ketones (excluding diaryl/α,β-unsaturated/α-hetero) is 1. The quantitative estimate of drug-likeness (QED) is 0.505. The molecule has 2 aromatic carbocycles. The monoisotopic (exact) mass is 432 g/mol. The molecule has 0 amide bonds. The van der Waals surface area contributed by atoms with Gasteiger partial charge in [-0.2, -0.15) is 0 Å². The summed E-state index contributed by atoms with van der Waals surface area (Å²) in [5.41, 5.74) is 1.42. The molecule has 0 aliphatic carbocycles. The fourth-order valence-electron chi connectivity index (χ4n) is 2.65. The van der Waals surface area contributed by atoms with Crippen molar-refractivity contribution in [3.63, 3.8) is 0 Å². The van der Waals surface area contributed by atoms with E-state index in [4.69, 9.17) is 4.42 Å². The van der Waals surface area contributed by atoms with E-state index in [-0.39, 0.29) is 22.9 Å². The van der Waals surface area contributed by atoms with Crippen molar-refractivity contribution in [2.45, 2.75) is 23.5 Å². The SMILES string of the molecule is Cc1ccc(S(=O)(=O)C(CC(=O)c2ccc(Br)cc2)c2ccco2)cc1. The number of rotatable bonds is 6. The molecule has 26 heavy (non-hydrogen) atoms. The van der Waals surface area contributed by atoms with Crippen molar-refractivity contribution in [3.05, 3.63) is 88.3 Å². The standard InChI is InChI=1S/C20H17BrO4S/c1-14-4-10-17(11-5-14)26(23,24)20(19-3-2-12-25-19)13-18(22)15-6-8-16(21)9-7-15/h2-12,20H,13H2,1H3. The van der Waals surface area contributed by atoms with Gasteiger partial charge in [0, 0.05) is 16.5 Å². The molecule has 1 heterocycles. The zero-order valence-corrected chi connectivity index (χ0v) is 16.5. The van der Waals surface area contributed by atoms with Gasteiger partial charge in [-0.25, -0.2) is 8.42 Å². The molecular formula is C20H17BrO4S. The summed E-state index contributed by atoms with van der Waals surface area (Å²) in [6, 6.07) is 16.7. The third-order valence-corrected chi connectivity index (χ3v) is 6.73. The van der Waals surface area contributed by atoms with Crippen LogP contribution in [0, 0.1) is 6.92 Å². The van der Waals surface area contributed by atoms with Gasteiger partial charge in [-0.05, 0) is 43.3 Å². The van der Waals surface area contributed by atoms with Crippen molar-refractivity contribution >= 4 is 31.6 Å². The lowest BCUT2D eigenvalue weighted by atomic mass is 10.1. The number of aryl methyl sites for hydroxylation is 1. The van der Waals surface area contributed by atoms with Crippen molar-refractivity contribution in [2.75, 3.05) is 0 Å². The normalized spacial score (nSPS) is 12.7. The highest BCUT2D eigenvalue weighted by molar-refractivity contribution is 9.10. The second-order valence-electron chi connectivity index (χ2n) is 6.00. The number of furan rings is 1. The van der Waals surface area contributed by atoms with E-state index in [2.05, 4.69) is 15.9 Å². The molecular weight excluding hydrogens is 416 g/mol. The molecule has 0 aliphatic heterocycles. The summed E-state index contributed by atoms with van der Waals surface area (Å²) in [7, 11) is -3.78. The fraction of sp³-hybridized carbons (Fsp3) is 0.150. The minimum atomic E-state index is -3.78. The molecule has 3 aromatic rings. The average molecular weight is 433 g/mol. The molecule has 0 aliphatic rings. The molecule has 0 bridgehead atoms. The highest BCUT2D eigenvalue weighted by atomic mass is 79.9. The predicted molar refractivity (Wildman–Crippen MR) is 103 cm³/mol. The lowest BCUT2D eigenvalue weighted by molar-refractivity contribution is 0.0978. The maximum atomic E-state index is 13.1. The molecule has 0 radical (unpaired) electrons. The van der Waals surface area contributed by atoms with Crippen LogP contribution in [0.5, 0.6) is 0 Å². The number of carbonyl (C=O) groups is 1. The van der Waals surface area contributed by atoms with Crippen molar-refractivity contribution < 1.29 is 17.6 Å². The molecule has 4 nitrogen and oxygen atoms in total. The lowest BCUT2D eigenvalue weighted by Crippen LogP contribution is -2.17. The Kier molecular flexibility index (Phi) is 5.44. The average Bonchev–Trinajstić information content (AvgIpc) is 3.14. The number of sulfone groups is 1. The molecule has 3 rings (SSSR count). The van der Waals surface area contributed by atoms with Gasteiger partial charge in [-0.1, -0.05) is 45.8 Å². The minimum Gasteiger partial charge on any atom is -0.468 e. The first-order chi connectivity index (χ1) is 12.4. The summed E-state index contributed by atoms with van der Waals surface area (Å²) in [6.45, 7) is 1.89. The van der Waals surface area contributed by atoms with Crippen molar-refractivity contribution in [1.29, 1.82) is 0 Å². The Labute approximate surface area is 160 Å². The van der Waals surface area contributed by atoms with E-state index in [0.717, 1.165) is 10.0 Å². The molecule has 134 valence electrons. The number of halogens is 1. The Hall–Kier alpha value is -2.18. The van der Waals surface area contributed by atoms with Crippen LogP contribution in [0.3, 0.4) is 0 Å². The highest BCUT2D eigenvalue weighted by Crippen LogP contribution is 2.33. The van der Waals surface area contributed by atoms with Gasteiger partial charge in [0.05, 0.1) is 11.2 Å². The van der Waals surface area contributed by atoms with Gasteiger partial charge in [0.1, 0.15) is 11.0 Å². The largest absolute Gasteiger partial charge is 0.468 e. The second-order valence-corrected chi connectivity index (χ2v) is 9.04. The van der Waals surface area contributed by atoms with Crippen LogP contribution in [0.25, 0.3) is 0 Å². The molecule has 1 atom stereocenters. The van der Waals surface area contributed by atoms with Crippen LogP contribution in [-0.4, -0.2) is 14.2 Å². The van der Waals surface area contributed by atoms with E-state index < -0.39 is 15.1 Å². The summed E-state index contributed by atoms with van der Waals surface area (Å²) in [5.74, 6) is 0.00521. The molecule has 1 aromatic heterocycles. The molecule has 0 saturated carbocycles. The summed E-state index contributed by atoms with van der Waals surface area (Å²) in [4.78, 5) is 12.8. The number of benzene rings is 2. The Morgan fingerprint density at radius 3 is 2.27 bits per heavy atom. The Balaban J connectivity index is 1.97. The predicted octanol–water partition coefficient (Wildman–Crippen LogP) is 5.14. The Morgan fingerprint density at radius 2 is 1.69 bits per heavy atom.